The lowest BCUT2D eigenvalue weighted by atomic mass is 9.65. The van der Waals surface area contributed by atoms with Crippen LogP contribution in [-0.2, 0) is 5.41 Å². The molecule has 2 aromatic rings. The molecule has 1 aromatic carbocycles. The van der Waals surface area contributed by atoms with Gasteiger partial charge in [-0.3, -0.25) is 9.78 Å². The van der Waals surface area contributed by atoms with E-state index < -0.39 is 0 Å². The largest absolute Gasteiger partial charge is 0.493 e. The van der Waals surface area contributed by atoms with Gasteiger partial charge >= 0.3 is 0 Å². The second kappa shape index (κ2) is 8.44. The fraction of sp³-hybridized carbons (Fsp3) is 0.435. The minimum Gasteiger partial charge on any atom is -0.493 e. The van der Waals surface area contributed by atoms with E-state index in [9.17, 15) is 4.79 Å². The van der Waals surface area contributed by atoms with Crippen molar-refractivity contribution in [2.24, 2.45) is 5.10 Å². The lowest BCUT2D eigenvalue weighted by Crippen LogP contribution is -2.46. The number of pyridine rings is 1. The minimum atomic E-state index is -0.230. The Labute approximate surface area is 177 Å². The highest BCUT2D eigenvalue weighted by atomic mass is 16.5. The summed E-state index contributed by atoms with van der Waals surface area (Å²) in [7, 11) is 5.50. The minimum absolute atomic E-state index is 0.0562. The Bertz CT molecular complexity index is 947. The number of carbonyl (C=O) groups excluding carboxylic acids is 1. The van der Waals surface area contributed by atoms with Crippen LogP contribution in [0.1, 0.15) is 41.6 Å². The topological polar surface area (TPSA) is 76.0 Å². The highest BCUT2D eigenvalue weighted by molar-refractivity contribution is 5.95. The molecule has 0 radical (unpaired) electrons. The van der Waals surface area contributed by atoms with Crippen molar-refractivity contribution < 1.29 is 14.3 Å². The number of likely N-dealkylation sites (tertiary alicyclic amines) is 1. The van der Waals surface area contributed by atoms with Gasteiger partial charge < -0.3 is 14.4 Å². The van der Waals surface area contributed by atoms with Crippen LogP contribution in [0.4, 0.5) is 0 Å². The molecule has 2 atom stereocenters. The lowest BCUT2D eigenvalue weighted by Gasteiger charge is -2.42. The van der Waals surface area contributed by atoms with Crippen molar-refractivity contribution in [2.75, 3.05) is 27.8 Å². The monoisotopic (exact) mass is 408 g/mol. The zero-order valence-corrected chi connectivity index (χ0v) is 17.7. The van der Waals surface area contributed by atoms with Crippen molar-refractivity contribution in [3.8, 4) is 11.5 Å². The molecule has 1 N–H and O–H groups in total. The Kier molecular flexibility index (Phi) is 5.72. The number of hydrazone groups is 1. The summed E-state index contributed by atoms with van der Waals surface area (Å²) in [5.41, 5.74) is 5.58. The number of benzene rings is 1. The zero-order valence-electron chi connectivity index (χ0n) is 17.7. The summed E-state index contributed by atoms with van der Waals surface area (Å²) >= 11 is 0. The van der Waals surface area contributed by atoms with Crippen molar-refractivity contribution in [1.29, 1.82) is 0 Å². The molecule has 1 saturated heterocycles. The highest BCUT2D eigenvalue weighted by Crippen LogP contribution is 2.49. The molecule has 0 bridgehead atoms. The van der Waals surface area contributed by atoms with Gasteiger partial charge in [-0.05, 0) is 62.7 Å². The van der Waals surface area contributed by atoms with Crippen molar-refractivity contribution in [3.63, 3.8) is 0 Å². The number of amides is 1. The quantitative estimate of drug-likeness (QED) is 0.770. The molecule has 158 valence electrons. The van der Waals surface area contributed by atoms with E-state index in [4.69, 9.17) is 9.47 Å². The Balaban J connectivity index is 1.55. The van der Waals surface area contributed by atoms with Gasteiger partial charge in [0.05, 0.1) is 19.8 Å². The summed E-state index contributed by atoms with van der Waals surface area (Å²) in [5, 5.41) is 4.46. The van der Waals surface area contributed by atoms with Gasteiger partial charge in [0.1, 0.15) is 0 Å². The Hall–Kier alpha value is -2.93. The van der Waals surface area contributed by atoms with E-state index >= 15 is 0 Å². The van der Waals surface area contributed by atoms with Gasteiger partial charge in [0.25, 0.3) is 5.91 Å². The molecule has 2 aliphatic rings. The van der Waals surface area contributed by atoms with E-state index in [1.807, 2.05) is 6.07 Å². The molecule has 7 heteroatoms. The van der Waals surface area contributed by atoms with Crippen LogP contribution < -0.4 is 14.9 Å². The van der Waals surface area contributed by atoms with Gasteiger partial charge in [-0.1, -0.05) is 6.07 Å². The summed E-state index contributed by atoms with van der Waals surface area (Å²) in [6, 6.07) is 10.1. The van der Waals surface area contributed by atoms with E-state index in [0.717, 1.165) is 49.4 Å². The molecule has 2 heterocycles. The molecule has 2 fully saturated rings. The number of carbonyl (C=O) groups is 1. The zero-order chi connectivity index (χ0) is 21.1. The van der Waals surface area contributed by atoms with Gasteiger partial charge in [0.15, 0.2) is 11.5 Å². The first kappa shape index (κ1) is 20.3. The van der Waals surface area contributed by atoms with Gasteiger partial charge in [0.2, 0.25) is 0 Å². The molecular weight excluding hydrogens is 380 g/mol. The molecule has 7 nitrogen and oxygen atoms in total. The maximum atomic E-state index is 12.3. The number of hydrogen-bond acceptors (Lipinski definition) is 6. The number of ether oxygens (including phenoxy) is 2. The van der Waals surface area contributed by atoms with Crippen LogP contribution >= 0.6 is 0 Å². The van der Waals surface area contributed by atoms with Crippen LogP contribution in [0.5, 0.6) is 11.5 Å². The number of hydrogen-bond donors (Lipinski definition) is 1. The molecule has 30 heavy (non-hydrogen) atoms. The second-order valence-corrected chi connectivity index (χ2v) is 8.04. The van der Waals surface area contributed by atoms with Crippen molar-refractivity contribution >= 4 is 11.6 Å². The number of aromatic nitrogens is 1. The Morgan fingerprint density at radius 3 is 2.80 bits per heavy atom. The molecular formula is C23H28N4O3. The molecule has 1 saturated carbocycles. The maximum absolute atomic E-state index is 12.3. The standard InChI is InChI=1S/C23H28N4O3/c1-27-12-10-23(17-6-7-19(29-2)20(13-17)30-3)9-8-18(14-21(23)27)25-26-22(28)16-5-4-11-24-15-16/h4-7,11,13,15,21H,8-10,12,14H2,1-3H3,(H,26,28)/t21-,23-/m0/s1. The third kappa shape index (κ3) is 3.65. The van der Waals surface area contributed by atoms with E-state index in [0.29, 0.717) is 11.6 Å². The highest BCUT2D eigenvalue weighted by Gasteiger charge is 2.49. The summed E-state index contributed by atoms with van der Waals surface area (Å²) in [6.07, 6.45) is 6.96. The molecule has 1 aromatic heterocycles. The van der Waals surface area contributed by atoms with Gasteiger partial charge in [-0.2, -0.15) is 5.10 Å². The van der Waals surface area contributed by atoms with E-state index in [1.165, 1.54) is 5.56 Å². The SMILES string of the molecule is COc1ccc([C@@]23CCC(=NNC(=O)c4cccnc4)C[C@@H]2N(C)CC3)cc1OC. The van der Waals surface area contributed by atoms with Gasteiger partial charge in [-0.15, -0.1) is 0 Å². The molecule has 0 unspecified atom stereocenters. The number of fused-ring (bicyclic) bond motifs is 1. The van der Waals surface area contributed by atoms with Crippen LogP contribution in [0.25, 0.3) is 0 Å². The van der Waals surface area contributed by atoms with Crippen LogP contribution in [-0.4, -0.2) is 55.4 Å². The maximum Gasteiger partial charge on any atom is 0.272 e. The number of nitrogens with one attached hydrogen (secondary N) is 1. The van der Waals surface area contributed by atoms with E-state index in [1.54, 1.807) is 38.7 Å². The van der Waals surface area contributed by atoms with Crippen LogP contribution in [0.15, 0.2) is 47.8 Å². The number of likely N-dealkylation sites (N-methyl/N-ethyl adjacent to an activating group) is 1. The predicted molar refractivity (Wildman–Crippen MR) is 115 cm³/mol. The van der Waals surface area contributed by atoms with Gasteiger partial charge in [0, 0.05) is 36.0 Å². The number of methoxy groups -OCH3 is 2. The average molecular weight is 409 g/mol. The lowest BCUT2D eigenvalue weighted by molar-refractivity contribution is 0.0954. The summed E-state index contributed by atoms with van der Waals surface area (Å²) < 4.78 is 11.0. The summed E-state index contributed by atoms with van der Waals surface area (Å²) in [4.78, 5) is 18.7. The second-order valence-electron chi connectivity index (χ2n) is 8.04. The summed E-state index contributed by atoms with van der Waals surface area (Å²) in [5.74, 6) is 1.28. The Morgan fingerprint density at radius 1 is 1.23 bits per heavy atom. The number of rotatable bonds is 5. The normalized spacial score (nSPS) is 25.0. The fourth-order valence-corrected chi connectivity index (χ4v) is 4.88. The van der Waals surface area contributed by atoms with Crippen LogP contribution in [0.2, 0.25) is 0 Å². The molecule has 1 aliphatic carbocycles. The van der Waals surface area contributed by atoms with Crippen molar-refractivity contribution in [3.05, 3.63) is 53.9 Å². The van der Waals surface area contributed by atoms with Gasteiger partial charge in [-0.25, -0.2) is 5.43 Å². The fourth-order valence-electron chi connectivity index (χ4n) is 4.88. The molecule has 1 amide bonds. The molecule has 4 rings (SSSR count). The first-order valence-corrected chi connectivity index (χ1v) is 10.3. The van der Waals surface area contributed by atoms with Crippen LogP contribution in [0.3, 0.4) is 0 Å². The smallest absolute Gasteiger partial charge is 0.272 e. The van der Waals surface area contributed by atoms with E-state index in [2.05, 4.69) is 39.6 Å². The third-order valence-electron chi connectivity index (χ3n) is 6.57. The van der Waals surface area contributed by atoms with Crippen LogP contribution in [0, 0.1) is 0 Å². The molecule has 0 spiro atoms. The molecule has 1 aliphatic heterocycles. The first-order chi connectivity index (χ1) is 14.6. The first-order valence-electron chi connectivity index (χ1n) is 10.3. The Morgan fingerprint density at radius 2 is 2.07 bits per heavy atom. The van der Waals surface area contributed by atoms with E-state index in [-0.39, 0.29) is 11.3 Å². The average Bonchev–Trinajstić information content (AvgIpc) is 3.14. The van der Waals surface area contributed by atoms with Crippen molar-refractivity contribution in [1.82, 2.24) is 15.3 Å². The third-order valence-corrected chi connectivity index (χ3v) is 6.57. The summed E-state index contributed by atoms with van der Waals surface area (Å²) in [6.45, 7) is 1.04. The predicted octanol–water partition coefficient (Wildman–Crippen LogP) is 3.01. The number of nitrogens with zero attached hydrogens (tertiary/aromatic N) is 3. The van der Waals surface area contributed by atoms with Crippen molar-refractivity contribution in [2.45, 2.75) is 37.1 Å².